The molecule has 3 aromatic rings. The maximum absolute atomic E-state index is 6.22. The Labute approximate surface area is 122 Å². The molecule has 1 heterocycles. The van der Waals surface area contributed by atoms with Gasteiger partial charge in [0.05, 0.1) is 22.8 Å². The second-order valence-electron chi connectivity index (χ2n) is 4.60. The summed E-state index contributed by atoms with van der Waals surface area (Å²) in [5.41, 5.74) is 3.86. The van der Waals surface area contributed by atoms with Gasteiger partial charge in [0.15, 0.2) is 0 Å². The highest BCUT2D eigenvalue weighted by atomic mass is 35.5. The Morgan fingerprint density at radius 3 is 2.60 bits per heavy atom. The lowest BCUT2D eigenvalue weighted by atomic mass is 10.1. The number of anilines is 2. The van der Waals surface area contributed by atoms with E-state index in [4.69, 9.17) is 11.6 Å². The predicted octanol–water partition coefficient (Wildman–Crippen LogP) is 4.67. The number of nitrogens with one attached hydrogen (secondary N) is 1. The molecule has 1 aromatic heterocycles. The van der Waals surface area contributed by atoms with Crippen LogP contribution in [-0.2, 0) is 0 Å². The zero-order valence-corrected chi connectivity index (χ0v) is 11.8. The Morgan fingerprint density at radius 1 is 1.00 bits per heavy atom. The van der Waals surface area contributed by atoms with E-state index in [2.05, 4.69) is 15.5 Å². The summed E-state index contributed by atoms with van der Waals surface area (Å²) in [6.07, 6.45) is 1.73. The summed E-state index contributed by atoms with van der Waals surface area (Å²) in [4.78, 5) is 0. The molecule has 1 unspecified atom stereocenters. The van der Waals surface area contributed by atoms with Crippen LogP contribution in [-0.4, -0.2) is 10.2 Å². The molecule has 4 heteroatoms. The number of nitrogens with zero attached hydrogens (tertiary/aromatic N) is 2. The Morgan fingerprint density at radius 2 is 1.75 bits per heavy atom. The van der Waals surface area contributed by atoms with Gasteiger partial charge in [-0.05, 0) is 24.6 Å². The lowest BCUT2D eigenvalue weighted by Crippen LogP contribution is -1.98. The van der Waals surface area contributed by atoms with Gasteiger partial charge in [0.2, 0.25) is 0 Å². The van der Waals surface area contributed by atoms with Crippen LogP contribution in [0.5, 0.6) is 0 Å². The molecule has 1 atom stereocenters. The summed E-state index contributed by atoms with van der Waals surface area (Å²) in [5, 5.41) is 12.6. The number of hydrogen-bond donors (Lipinski definition) is 1. The van der Waals surface area contributed by atoms with Gasteiger partial charge in [-0.2, -0.15) is 10.2 Å². The molecule has 2 aromatic carbocycles. The molecule has 0 aliphatic rings. The van der Waals surface area contributed by atoms with Gasteiger partial charge >= 0.3 is 0 Å². The fraction of sp³-hybridized carbons (Fsp3) is 0.125. The van der Waals surface area contributed by atoms with Crippen LogP contribution >= 0.6 is 11.6 Å². The summed E-state index contributed by atoms with van der Waals surface area (Å²) in [7, 11) is 0. The van der Waals surface area contributed by atoms with E-state index in [1.54, 1.807) is 6.20 Å². The van der Waals surface area contributed by atoms with E-state index in [-0.39, 0.29) is 5.38 Å². The first-order chi connectivity index (χ1) is 9.75. The largest absolute Gasteiger partial charge is 0.353 e. The van der Waals surface area contributed by atoms with E-state index in [9.17, 15) is 0 Å². The van der Waals surface area contributed by atoms with Crippen molar-refractivity contribution in [2.75, 3.05) is 5.32 Å². The van der Waals surface area contributed by atoms with E-state index in [0.29, 0.717) is 0 Å². The van der Waals surface area contributed by atoms with Crippen molar-refractivity contribution >= 4 is 33.9 Å². The SMILES string of the molecule is CC(Cl)c1ccccc1Nc1cnnc2ccccc12. The smallest absolute Gasteiger partial charge is 0.0950 e. The third-order valence-corrected chi connectivity index (χ3v) is 3.44. The van der Waals surface area contributed by atoms with E-state index in [1.807, 2.05) is 55.5 Å². The van der Waals surface area contributed by atoms with E-state index >= 15 is 0 Å². The van der Waals surface area contributed by atoms with Gasteiger partial charge in [-0.1, -0.05) is 36.4 Å². The van der Waals surface area contributed by atoms with Crippen molar-refractivity contribution in [1.82, 2.24) is 10.2 Å². The van der Waals surface area contributed by atoms with Crippen molar-refractivity contribution in [3.63, 3.8) is 0 Å². The molecular weight excluding hydrogens is 270 g/mol. The van der Waals surface area contributed by atoms with Crippen LogP contribution in [0.1, 0.15) is 17.9 Å². The lowest BCUT2D eigenvalue weighted by molar-refractivity contribution is 1.07. The van der Waals surface area contributed by atoms with E-state index in [1.165, 1.54) is 0 Å². The molecule has 0 saturated carbocycles. The molecular formula is C16H14ClN3. The second-order valence-corrected chi connectivity index (χ2v) is 5.26. The maximum Gasteiger partial charge on any atom is 0.0950 e. The molecule has 20 heavy (non-hydrogen) atoms. The standard InChI is InChI=1S/C16H14ClN3/c1-11(17)12-6-2-4-8-14(12)19-16-10-18-20-15-9-5-3-7-13(15)16/h2-11H,1H3,(H,19,20). The van der Waals surface area contributed by atoms with Gasteiger partial charge in [0.25, 0.3) is 0 Å². The molecule has 0 spiro atoms. The van der Waals surface area contributed by atoms with Gasteiger partial charge < -0.3 is 5.32 Å². The summed E-state index contributed by atoms with van der Waals surface area (Å²) in [6.45, 7) is 1.96. The van der Waals surface area contributed by atoms with Crippen molar-refractivity contribution in [3.05, 3.63) is 60.3 Å². The van der Waals surface area contributed by atoms with Crippen molar-refractivity contribution in [3.8, 4) is 0 Å². The fourth-order valence-electron chi connectivity index (χ4n) is 2.21. The Hall–Kier alpha value is -2.13. The fourth-order valence-corrected chi connectivity index (χ4v) is 2.40. The highest BCUT2D eigenvalue weighted by molar-refractivity contribution is 6.21. The minimum atomic E-state index is -0.0558. The van der Waals surface area contributed by atoms with Crippen molar-refractivity contribution < 1.29 is 0 Å². The summed E-state index contributed by atoms with van der Waals surface area (Å²) < 4.78 is 0. The van der Waals surface area contributed by atoms with E-state index < -0.39 is 0 Å². The van der Waals surface area contributed by atoms with Crippen LogP contribution in [0.25, 0.3) is 10.9 Å². The highest BCUT2D eigenvalue weighted by Crippen LogP contribution is 2.31. The monoisotopic (exact) mass is 283 g/mol. The number of halogens is 1. The number of hydrogen-bond acceptors (Lipinski definition) is 3. The molecule has 0 bridgehead atoms. The zero-order chi connectivity index (χ0) is 13.9. The van der Waals surface area contributed by atoms with Crippen LogP contribution in [0.3, 0.4) is 0 Å². The number of aromatic nitrogens is 2. The Balaban J connectivity index is 2.06. The van der Waals surface area contributed by atoms with Crippen molar-refractivity contribution in [2.45, 2.75) is 12.3 Å². The molecule has 100 valence electrons. The van der Waals surface area contributed by atoms with Gasteiger partial charge in [-0.15, -0.1) is 11.6 Å². The van der Waals surface area contributed by atoms with Gasteiger partial charge in [0.1, 0.15) is 0 Å². The van der Waals surface area contributed by atoms with E-state index in [0.717, 1.165) is 27.8 Å². The normalized spacial score (nSPS) is 12.3. The van der Waals surface area contributed by atoms with Crippen LogP contribution in [0, 0.1) is 0 Å². The molecule has 0 aliphatic heterocycles. The lowest BCUT2D eigenvalue weighted by Gasteiger charge is -2.14. The average molecular weight is 284 g/mol. The van der Waals surface area contributed by atoms with Crippen LogP contribution in [0.15, 0.2) is 54.7 Å². The molecule has 0 aliphatic carbocycles. The van der Waals surface area contributed by atoms with Gasteiger partial charge in [-0.3, -0.25) is 0 Å². The summed E-state index contributed by atoms with van der Waals surface area (Å²) in [5.74, 6) is 0. The van der Waals surface area contributed by atoms with Crippen molar-refractivity contribution in [2.24, 2.45) is 0 Å². The van der Waals surface area contributed by atoms with Gasteiger partial charge in [-0.25, -0.2) is 0 Å². The van der Waals surface area contributed by atoms with Crippen LogP contribution in [0.2, 0.25) is 0 Å². The third kappa shape index (κ3) is 2.45. The molecule has 3 rings (SSSR count). The molecule has 0 fully saturated rings. The molecule has 3 nitrogen and oxygen atoms in total. The summed E-state index contributed by atoms with van der Waals surface area (Å²) >= 11 is 6.22. The minimum Gasteiger partial charge on any atom is -0.353 e. The maximum atomic E-state index is 6.22. The first kappa shape index (κ1) is 12.9. The quantitative estimate of drug-likeness (QED) is 0.710. The minimum absolute atomic E-state index is 0.0558. The number of benzene rings is 2. The molecule has 1 N–H and O–H groups in total. The Bertz CT molecular complexity index is 735. The topological polar surface area (TPSA) is 37.8 Å². The number of fused-ring (bicyclic) bond motifs is 1. The third-order valence-electron chi connectivity index (χ3n) is 3.21. The number of para-hydroxylation sites is 1. The zero-order valence-electron chi connectivity index (χ0n) is 11.0. The van der Waals surface area contributed by atoms with Crippen LogP contribution in [0.4, 0.5) is 11.4 Å². The first-order valence-electron chi connectivity index (χ1n) is 6.46. The molecule has 0 saturated heterocycles. The predicted molar refractivity (Wildman–Crippen MR) is 83.5 cm³/mol. The molecule has 0 amide bonds. The summed E-state index contributed by atoms with van der Waals surface area (Å²) in [6, 6.07) is 15.9. The highest BCUT2D eigenvalue weighted by Gasteiger charge is 2.09. The number of rotatable bonds is 3. The Kier molecular flexibility index (Phi) is 3.52. The average Bonchev–Trinajstić information content (AvgIpc) is 2.48. The second kappa shape index (κ2) is 5.47. The van der Waals surface area contributed by atoms with Gasteiger partial charge in [0, 0.05) is 11.1 Å². The first-order valence-corrected chi connectivity index (χ1v) is 6.90. The van der Waals surface area contributed by atoms with Crippen LogP contribution < -0.4 is 5.32 Å². The number of alkyl halides is 1. The van der Waals surface area contributed by atoms with Crippen molar-refractivity contribution in [1.29, 1.82) is 0 Å². The molecule has 0 radical (unpaired) electrons.